The predicted octanol–water partition coefficient (Wildman–Crippen LogP) is 2.11. The zero-order chi connectivity index (χ0) is 14.6. The van der Waals surface area contributed by atoms with Crippen LogP contribution in [-0.4, -0.2) is 23.2 Å². The quantitative estimate of drug-likeness (QED) is 0.510. The first-order valence-corrected chi connectivity index (χ1v) is 4.93. The van der Waals surface area contributed by atoms with Gasteiger partial charge in [0.05, 0.1) is 4.92 Å². The van der Waals surface area contributed by atoms with Crippen LogP contribution in [0, 0.1) is 10.1 Å². The van der Waals surface area contributed by atoms with Gasteiger partial charge in [0.2, 0.25) is 0 Å². The molecule has 1 N–H and O–H groups in total. The third-order valence-electron chi connectivity index (χ3n) is 2.20. The first-order valence-electron chi connectivity index (χ1n) is 4.93. The fourth-order valence-electron chi connectivity index (χ4n) is 1.23. The summed E-state index contributed by atoms with van der Waals surface area (Å²) in [4.78, 5) is 20.7. The number of nitro benzene ring substituents is 1. The van der Waals surface area contributed by atoms with Crippen molar-refractivity contribution in [1.29, 1.82) is 0 Å². The summed E-state index contributed by atoms with van der Waals surface area (Å²) in [6, 6.07) is 5.06. The van der Waals surface area contributed by atoms with Crippen molar-refractivity contribution in [1.82, 2.24) is 5.32 Å². The number of para-hydroxylation sites is 1. The molecule has 0 bridgehead atoms. The van der Waals surface area contributed by atoms with Crippen molar-refractivity contribution in [3.05, 3.63) is 39.9 Å². The number of hydrogen-bond donors (Lipinski definition) is 1. The highest BCUT2D eigenvalue weighted by Gasteiger charge is 2.48. The Morgan fingerprint density at radius 2 is 1.95 bits per heavy atom. The minimum absolute atomic E-state index is 0.0640. The van der Waals surface area contributed by atoms with Crippen LogP contribution >= 0.6 is 0 Å². The molecule has 0 atom stereocenters. The van der Waals surface area contributed by atoms with Crippen LogP contribution < -0.4 is 5.32 Å². The van der Waals surface area contributed by atoms with Gasteiger partial charge in [-0.25, -0.2) is 8.78 Å². The van der Waals surface area contributed by atoms with Crippen LogP contribution in [0.4, 0.5) is 23.2 Å². The van der Waals surface area contributed by atoms with Crippen molar-refractivity contribution in [3.8, 4) is 0 Å². The van der Waals surface area contributed by atoms with Gasteiger partial charge in [0, 0.05) is 18.2 Å². The maximum absolute atomic E-state index is 12.6. The SMILES string of the molecule is O=C(NCc1ccccc1[N+](=O)[O-])C(F)(F)C(F)F. The molecule has 0 fully saturated rings. The average Bonchev–Trinajstić information content (AvgIpc) is 2.35. The van der Waals surface area contributed by atoms with Gasteiger partial charge in [0.15, 0.2) is 0 Å². The van der Waals surface area contributed by atoms with Gasteiger partial charge in [-0.05, 0) is 0 Å². The lowest BCUT2D eigenvalue weighted by Crippen LogP contribution is -2.44. The van der Waals surface area contributed by atoms with Gasteiger partial charge < -0.3 is 5.32 Å². The predicted molar refractivity (Wildman–Crippen MR) is 55.9 cm³/mol. The maximum atomic E-state index is 12.6. The van der Waals surface area contributed by atoms with Gasteiger partial charge >= 0.3 is 12.3 Å². The van der Waals surface area contributed by atoms with E-state index in [2.05, 4.69) is 0 Å². The topological polar surface area (TPSA) is 72.2 Å². The molecule has 1 aromatic carbocycles. The van der Waals surface area contributed by atoms with Gasteiger partial charge in [-0.2, -0.15) is 8.78 Å². The summed E-state index contributed by atoms with van der Waals surface area (Å²) in [5, 5.41) is 12.1. The highest BCUT2D eigenvalue weighted by molar-refractivity contribution is 5.83. The first kappa shape index (κ1) is 14.9. The Morgan fingerprint density at radius 1 is 1.37 bits per heavy atom. The number of nitrogens with one attached hydrogen (secondary N) is 1. The second-order valence-electron chi connectivity index (χ2n) is 3.49. The molecule has 5 nitrogen and oxygen atoms in total. The molecule has 0 unspecified atom stereocenters. The molecule has 1 aromatic rings. The molecule has 19 heavy (non-hydrogen) atoms. The fraction of sp³-hybridized carbons (Fsp3) is 0.300. The second-order valence-corrected chi connectivity index (χ2v) is 3.49. The Balaban J connectivity index is 2.78. The number of nitrogens with zero attached hydrogens (tertiary/aromatic N) is 1. The molecule has 1 amide bonds. The van der Waals surface area contributed by atoms with Crippen LogP contribution in [0.2, 0.25) is 0 Å². The highest BCUT2D eigenvalue weighted by Crippen LogP contribution is 2.23. The minimum atomic E-state index is -4.83. The molecule has 9 heteroatoms. The molecule has 0 spiro atoms. The van der Waals surface area contributed by atoms with E-state index in [1.54, 1.807) is 5.32 Å². The van der Waals surface area contributed by atoms with Gasteiger partial charge in [-0.15, -0.1) is 0 Å². The standard InChI is InChI=1S/C10H8F4N2O3/c11-8(12)10(13,14)9(17)15-5-6-3-1-2-4-7(6)16(18)19/h1-4,8H,5H2,(H,15,17). The van der Waals surface area contributed by atoms with Crippen LogP contribution in [0.5, 0.6) is 0 Å². The maximum Gasteiger partial charge on any atom is 0.383 e. The molecule has 0 aliphatic carbocycles. The molecule has 0 aliphatic heterocycles. The smallest absolute Gasteiger partial charge is 0.346 e. The third kappa shape index (κ3) is 3.39. The van der Waals surface area contributed by atoms with E-state index in [1.807, 2.05) is 0 Å². The van der Waals surface area contributed by atoms with E-state index in [9.17, 15) is 32.5 Å². The van der Waals surface area contributed by atoms with Crippen LogP contribution in [0.1, 0.15) is 5.56 Å². The van der Waals surface area contributed by atoms with E-state index >= 15 is 0 Å². The molecule has 104 valence electrons. The third-order valence-corrected chi connectivity index (χ3v) is 2.20. The van der Waals surface area contributed by atoms with E-state index in [-0.39, 0.29) is 5.56 Å². The van der Waals surface area contributed by atoms with Crippen molar-refractivity contribution >= 4 is 11.6 Å². The number of rotatable bonds is 5. The van der Waals surface area contributed by atoms with Crippen molar-refractivity contribution in [2.75, 3.05) is 0 Å². The Morgan fingerprint density at radius 3 is 2.47 bits per heavy atom. The summed E-state index contributed by atoms with van der Waals surface area (Å²) < 4.78 is 49.0. The first-order chi connectivity index (χ1) is 8.76. The number of alkyl halides is 4. The van der Waals surface area contributed by atoms with Gasteiger partial charge in [0.25, 0.3) is 11.6 Å². The van der Waals surface area contributed by atoms with E-state index in [0.717, 1.165) is 6.07 Å². The number of carbonyl (C=O) groups is 1. The summed E-state index contributed by atoms with van der Waals surface area (Å²) in [6.45, 7) is -0.641. The van der Waals surface area contributed by atoms with Crippen molar-refractivity contribution in [3.63, 3.8) is 0 Å². The normalized spacial score (nSPS) is 11.4. The van der Waals surface area contributed by atoms with Crippen LogP contribution in [0.25, 0.3) is 0 Å². The molecule has 0 radical (unpaired) electrons. The fourth-order valence-corrected chi connectivity index (χ4v) is 1.23. The van der Waals surface area contributed by atoms with E-state index < -0.39 is 35.4 Å². The van der Waals surface area contributed by atoms with E-state index in [1.165, 1.54) is 18.2 Å². The van der Waals surface area contributed by atoms with Crippen molar-refractivity contribution < 1.29 is 27.3 Å². The van der Waals surface area contributed by atoms with Crippen molar-refractivity contribution in [2.45, 2.75) is 18.9 Å². The lowest BCUT2D eigenvalue weighted by molar-refractivity contribution is -0.385. The van der Waals surface area contributed by atoms with Crippen molar-refractivity contribution in [2.24, 2.45) is 0 Å². The number of amides is 1. The molecule has 0 saturated heterocycles. The summed E-state index contributed by atoms with van der Waals surface area (Å²) in [6.07, 6.45) is -4.14. The monoisotopic (exact) mass is 280 g/mol. The molecular weight excluding hydrogens is 272 g/mol. The Labute approximate surface area is 104 Å². The summed E-state index contributed by atoms with van der Waals surface area (Å²) in [7, 11) is 0. The molecular formula is C10H8F4N2O3. The lowest BCUT2D eigenvalue weighted by Gasteiger charge is -2.14. The van der Waals surface area contributed by atoms with Crippen LogP contribution in [0.15, 0.2) is 24.3 Å². The molecule has 0 heterocycles. The second kappa shape index (κ2) is 5.63. The largest absolute Gasteiger partial charge is 0.383 e. The minimum Gasteiger partial charge on any atom is -0.346 e. The van der Waals surface area contributed by atoms with Gasteiger partial charge in [0.1, 0.15) is 0 Å². The number of benzene rings is 1. The number of carbonyl (C=O) groups excluding carboxylic acids is 1. The summed E-state index contributed by atoms with van der Waals surface area (Å²) >= 11 is 0. The lowest BCUT2D eigenvalue weighted by atomic mass is 10.2. The Bertz CT molecular complexity index is 493. The van der Waals surface area contributed by atoms with Crippen LogP contribution in [-0.2, 0) is 11.3 Å². The highest BCUT2D eigenvalue weighted by atomic mass is 19.3. The summed E-state index contributed by atoms with van der Waals surface area (Å²) in [5.41, 5.74) is -0.464. The van der Waals surface area contributed by atoms with E-state index in [0.29, 0.717) is 0 Å². The Hall–Kier alpha value is -2.19. The van der Waals surface area contributed by atoms with E-state index in [4.69, 9.17) is 0 Å². The molecule has 1 rings (SSSR count). The molecule has 0 aromatic heterocycles. The van der Waals surface area contributed by atoms with Crippen LogP contribution in [0.3, 0.4) is 0 Å². The number of halogens is 4. The summed E-state index contributed by atoms with van der Waals surface area (Å²) in [5.74, 6) is -7.01. The molecule has 0 saturated carbocycles. The average molecular weight is 280 g/mol. The Kier molecular flexibility index (Phi) is 4.41. The molecule has 0 aliphatic rings. The van der Waals surface area contributed by atoms with Gasteiger partial charge in [-0.3, -0.25) is 14.9 Å². The zero-order valence-corrected chi connectivity index (χ0v) is 9.28. The van der Waals surface area contributed by atoms with Gasteiger partial charge in [-0.1, -0.05) is 18.2 Å². The number of nitro groups is 1. The zero-order valence-electron chi connectivity index (χ0n) is 9.28. The number of hydrogen-bond acceptors (Lipinski definition) is 3.